The standard InChI is InChI=1S/C18H23N5O2/c1-12-20-21-17-9-8-16(22-23(12)17)19-11-18(2,3)13-6-7-14(24-4)15(10-13)25-5/h6-10H,11H2,1-5H3,(H,19,22). The second-order valence-electron chi connectivity index (χ2n) is 6.54. The van der Waals surface area contributed by atoms with Crippen molar-refractivity contribution >= 4 is 11.5 Å². The van der Waals surface area contributed by atoms with Crippen LogP contribution >= 0.6 is 0 Å². The highest BCUT2D eigenvalue weighted by Crippen LogP contribution is 2.33. The first-order chi connectivity index (χ1) is 11.9. The van der Waals surface area contributed by atoms with Crippen molar-refractivity contribution < 1.29 is 9.47 Å². The van der Waals surface area contributed by atoms with Crippen LogP contribution in [-0.2, 0) is 5.41 Å². The molecule has 7 nitrogen and oxygen atoms in total. The molecule has 2 aromatic heterocycles. The number of rotatable bonds is 6. The van der Waals surface area contributed by atoms with Gasteiger partial charge in [-0.1, -0.05) is 19.9 Å². The van der Waals surface area contributed by atoms with Gasteiger partial charge < -0.3 is 14.8 Å². The van der Waals surface area contributed by atoms with Gasteiger partial charge in [0.1, 0.15) is 5.82 Å². The normalized spacial score (nSPS) is 11.6. The molecule has 7 heteroatoms. The number of ether oxygens (including phenoxy) is 2. The molecular weight excluding hydrogens is 318 g/mol. The van der Waals surface area contributed by atoms with Crippen molar-refractivity contribution in [2.75, 3.05) is 26.1 Å². The predicted octanol–water partition coefficient (Wildman–Crippen LogP) is 2.84. The summed E-state index contributed by atoms with van der Waals surface area (Å²) in [6.07, 6.45) is 0. The zero-order chi connectivity index (χ0) is 18.0. The van der Waals surface area contributed by atoms with Gasteiger partial charge in [0.15, 0.2) is 23.0 Å². The molecule has 132 valence electrons. The van der Waals surface area contributed by atoms with E-state index in [-0.39, 0.29) is 5.41 Å². The second-order valence-corrected chi connectivity index (χ2v) is 6.54. The summed E-state index contributed by atoms with van der Waals surface area (Å²) in [5.74, 6) is 3.00. The van der Waals surface area contributed by atoms with Crippen molar-refractivity contribution in [3.8, 4) is 11.5 Å². The SMILES string of the molecule is COc1ccc(C(C)(C)CNc2ccc3nnc(C)n3n2)cc1OC. The third kappa shape index (κ3) is 3.35. The Labute approximate surface area is 147 Å². The maximum absolute atomic E-state index is 5.41. The van der Waals surface area contributed by atoms with E-state index in [9.17, 15) is 0 Å². The number of fused-ring (bicyclic) bond motifs is 1. The van der Waals surface area contributed by atoms with Crippen LogP contribution in [0.1, 0.15) is 25.2 Å². The Morgan fingerprint density at radius 3 is 2.52 bits per heavy atom. The van der Waals surface area contributed by atoms with Crippen LogP contribution in [0.4, 0.5) is 5.82 Å². The Morgan fingerprint density at radius 1 is 1.04 bits per heavy atom. The third-order valence-electron chi connectivity index (χ3n) is 4.30. The fourth-order valence-corrected chi connectivity index (χ4v) is 2.66. The average molecular weight is 341 g/mol. The van der Waals surface area contributed by atoms with Crippen LogP contribution in [0.25, 0.3) is 5.65 Å². The molecule has 3 aromatic rings. The smallest absolute Gasteiger partial charge is 0.178 e. The fourth-order valence-electron chi connectivity index (χ4n) is 2.66. The number of aryl methyl sites for hydroxylation is 1. The molecule has 3 rings (SSSR count). The van der Waals surface area contributed by atoms with Gasteiger partial charge in [-0.3, -0.25) is 0 Å². The third-order valence-corrected chi connectivity index (χ3v) is 4.30. The molecule has 0 atom stereocenters. The van der Waals surface area contributed by atoms with Crippen molar-refractivity contribution in [1.82, 2.24) is 19.8 Å². The Balaban J connectivity index is 1.79. The van der Waals surface area contributed by atoms with Crippen LogP contribution in [0.2, 0.25) is 0 Å². The lowest BCUT2D eigenvalue weighted by molar-refractivity contribution is 0.353. The summed E-state index contributed by atoms with van der Waals surface area (Å²) in [6, 6.07) is 9.82. The van der Waals surface area contributed by atoms with Crippen LogP contribution in [0, 0.1) is 6.92 Å². The highest BCUT2D eigenvalue weighted by Gasteiger charge is 2.22. The highest BCUT2D eigenvalue weighted by atomic mass is 16.5. The summed E-state index contributed by atoms with van der Waals surface area (Å²) in [5, 5.41) is 16.0. The molecule has 1 aromatic carbocycles. The molecule has 0 aliphatic rings. The largest absolute Gasteiger partial charge is 0.493 e. The molecule has 0 aliphatic heterocycles. The fraction of sp³-hybridized carbons (Fsp3) is 0.389. The zero-order valence-electron chi connectivity index (χ0n) is 15.2. The summed E-state index contributed by atoms with van der Waals surface area (Å²) in [7, 11) is 3.28. The van der Waals surface area contributed by atoms with E-state index in [4.69, 9.17) is 9.47 Å². The number of benzene rings is 1. The first kappa shape index (κ1) is 17.0. The number of anilines is 1. The number of nitrogens with one attached hydrogen (secondary N) is 1. The Bertz CT molecular complexity index is 888. The van der Waals surface area contributed by atoms with Gasteiger partial charge in [0.25, 0.3) is 0 Å². The van der Waals surface area contributed by atoms with Crippen molar-refractivity contribution in [2.45, 2.75) is 26.2 Å². The maximum Gasteiger partial charge on any atom is 0.178 e. The molecular formula is C18H23N5O2. The van der Waals surface area contributed by atoms with Gasteiger partial charge in [-0.2, -0.15) is 4.52 Å². The molecule has 0 radical (unpaired) electrons. The van der Waals surface area contributed by atoms with Gasteiger partial charge in [0.2, 0.25) is 0 Å². The molecule has 0 unspecified atom stereocenters. The van der Waals surface area contributed by atoms with Gasteiger partial charge in [-0.25, -0.2) is 0 Å². The van der Waals surface area contributed by atoms with Gasteiger partial charge >= 0.3 is 0 Å². The Kier molecular flexibility index (Phi) is 4.48. The minimum atomic E-state index is -0.127. The molecule has 0 amide bonds. The first-order valence-electron chi connectivity index (χ1n) is 8.10. The van der Waals surface area contributed by atoms with E-state index >= 15 is 0 Å². The van der Waals surface area contributed by atoms with E-state index in [1.807, 2.05) is 31.2 Å². The van der Waals surface area contributed by atoms with E-state index in [1.165, 1.54) is 0 Å². The lowest BCUT2D eigenvalue weighted by Crippen LogP contribution is -2.28. The van der Waals surface area contributed by atoms with E-state index in [0.29, 0.717) is 6.54 Å². The van der Waals surface area contributed by atoms with Crippen molar-refractivity contribution in [2.24, 2.45) is 0 Å². The average Bonchev–Trinajstić information content (AvgIpc) is 3.00. The van der Waals surface area contributed by atoms with Crippen LogP contribution in [-0.4, -0.2) is 40.6 Å². The highest BCUT2D eigenvalue weighted by molar-refractivity contribution is 5.47. The van der Waals surface area contributed by atoms with Crippen molar-refractivity contribution in [3.05, 3.63) is 41.7 Å². The monoisotopic (exact) mass is 341 g/mol. The van der Waals surface area contributed by atoms with Gasteiger partial charge in [-0.05, 0) is 36.8 Å². The Morgan fingerprint density at radius 2 is 1.80 bits per heavy atom. The lowest BCUT2D eigenvalue weighted by atomic mass is 9.84. The number of nitrogens with zero attached hydrogens (tertiary/aromatic N) is 4. The topological polar surface area (TPSA) is 73.6 Å². The van der Waals surface area contributed by atoms with Crippen LogP contribution < -0.4 is 14.8 Å². The van der Waals surface area contributed by atoms with E-state index in [0.717, 1.165) is 34.4 Å². The summed E-state index contributed by atoms with van der Waals surface area (Å²) in [5.41, 5.74) is 1.76. The Hall–Kier alpha value is -2.83. The quantitative estimate of drug-likeness (QED) is 0.743. The number of methoxy groups -OCH3 is 2. The minimum Gasteiger partial charge on any atom is -0.493 e. The molecule has 25 heavy (non-hydrogen) atoms. The van der Waals surface area contributed by atoms with E-state index < -0.39 is 0 Å². The number of aromatic nitrogens is 4. The molecule has 0 fully saturated rings. The molecule has 0 bridgehead atoms. The molecule has 0 saturated carbocycles. The molecule has 0 aliphatic carbocycles. The van der Waals surface area contributed by atoms with E-state index in [2.05, 4.69) is 40.5 Å². The first-order valence-corrected chi connectivity index (χ1v) is 8.10. The second kappa shape index (κ2) is 6.58. The van der Waals surface area contributed by atoms with Crippen LogP contribution in [0.5, 0.6) is 11.5 Å². The molecule has 0 saturated heterocycles. The minimum absolute atomic E-state index is 0.127. The van der Waals surface area contributed by atoms with Crippen LogP contribution in [0.15, 0.2) is 30.3 Å². The van der Waals surface area contributed by atoms with Crippen LogP contribution in [0.3, 0.4) is 0 Å². The number of hydrogen-bond donors (Lipinski definition) is 1. The van der Waals surface area contributed by atoms with Gasteiger partial charge in [0, 0.05) is 12.0 Å². The van der Waals surface area contributed by atoms with Crippen molar-refractivity contribution in [3.63, 3.8) is 0 Å². The summed E-state index contributed by atoms with van der Waals surface area (Å²) >= 11 is 0. The maximum atomic E-state index is 5.41. The summed E-state index contributed by atoms with van der Waals surface area (Å²) in [6.45, 7) is 6.93. The van der Waals surface area contributed by atoms with Gasteiger partial charge in [-0.15, -0.1) is 15.3 Å². The predicted molar refractivity (Wildman–Crippen MR) is 96.6 cm³/mol. The lowest BCUT2D eigenvalue weighted by Gasteiger charge is -2.26. The number of hydrogen-bond acceptors (Lipinski definition) is 6. The van der Waals surface area contributed by atoms with Crippen molar-refractivity contribution in [1.29, 1.82) is 0 Å². The summed E-state index contributed by atoms with van der Waals surface area (Å²) in [4.78, 5) is 0. The zero-order valence-corrected chi connectivity index (χ0v) is 15.2. The molecule has 1 N–H and O–H groups in total. The molecule has 0 spiro atoms. The molecule has 2 heterocycles. The van der Waals surface area contributed by atoms with E-state index in [1.54, 1.807) is 18.7 Å². The summed E-state index contributed by atoms with van der Waals surface area (Å²) < 4.78 is 12.5. The van der Waals surface area contributed by atoms with Gasteiger partial charge in [0.05, 0.1) is 14.2 Å².